The van der Waals surface area contributed by atoms with E-state index in [4.69, 9.17) is 16.6 Å². The van der Waals surface area contributed by atoms with Crippen molar-refractivity contribution < 1.29 is 9.18 Å². The van der Waals surface area contributed by atoms with Gasteiger partial charge >= 0.3 is 6.03 Å². The Labute approximate surface area is 151 Å². The highest BCUT2D eigenvalue weighted by atomic mass is 35.5. The maximum atomic E-state index is 13.2. The number of nitrogens with zero attached hydrogens (tertiary/aromatic N) is 3. The lowest BCUT2D eigenvalue weighted by Gasteiger charge is -2.27. The smallest absolute Gasteiger partial charge is 0.318 e. The Morgan fingerprint density at radius 1 is 1.44 bits per heavy atom. The van der Waals surface area contributed by atoms with Crippen molar-refractivity contribution >= 4 is 17.6 Å². The number of fused-ring (bicyclic) bond motifs is 1. The summed E-state index contributed by atoms with van der Waals surface area (Å²) in [5.74, 6) is 0.936. The predicted octanol–water partition coefficient (Wildman–Crippen LogP) is 3.60. The summed E-state index contributed by atoms with van der Waals surface area (Å²) in [5, 5.41) is 2.92. The molecule has 0 aliphatic carbocycles. The van der Waals surface area contributed by atoms with Crippen LogP contribution in [0.5, 0.6) is 0 Å². The molecule has 7 heteroatoms. The number of benzene rings is 1. The molecule has 1 aromatic heterocycles. The van der Waals surface area contributed by atoms with Gasteiger partial charge in [0.05, 0.1) is 17.3 Å². The molecule has 2 aromatic rings. The lowest BCUT2D eigenvalue weighted by molar-refractivity contribution is 0.190. The lowest BCUT2D eigenvalue weighted by Crippen LogP contribution is -2.42. The van der Waals surface area contributed by atoms with E-state index in [1.54, 1.807) is 11.0 Å². The van der Waals surface area contributed by atoms with Crippen molar-refractivity contribution in [3.05, 3.63) is 51.8 Å². The molecular formula is C18H22ClFN4O. The maximum absolute atomic E-state index is 13.2. The highest BCUT2D eigenvalue weighted by molar-refractivity contribution is 6.30. The van der Waals surface area contributed by atoms with Gasteiger partial charge < -0.3 is 14.8 Å². The molecule has 0 saturated carbocycles. The van der Waals surface area contributed by atoms with Crippen LogP contribution in [0, 0.1) is 5.82 Å². The van der Waals surface area contributed by atoms with E-state index < -0.39 is 5.82 Å². The monoisotopic (exact) mass is 364 g/mol. The molecule has 1 aliphatic heterocycles. The Morgan fingerprint density at radius 3 is 2.88 bits per heavy atom. The minimum absolute atomic E-state index is 0.0593. The van der Waals surface area contributed by atoms with E-state index in [9.17, 15) is 9.18 Å². The molecule has 0 bridgehead atoms. The summed E-state index contributed by atoms with van der Waals surface area (Å²) in [6.07, 6.45) is 0.793. The number of nitrogens with one attached hydrogen (secondary N) is 1. The molecule has 1 aliphatic rings. The van der Waals surface area contributed by atoms with Crippen LogP contribution in [-0.2, 0) is 26.6 Å². The summed E-state index contributed by atoms with van der Waals surface area (Å²) >= 11 is 5.77. The molecule has 1 N–H and O–H groups in total. The van der Waals surface area contributed by atoms with Gasteiger partial charge in [-0.3, -0.25) is 0 Å². The molecule has 0 unspecified atom stereocenters. The van der Waals surface area contributed by atoms with Gasteiger partial charge in [-0.1, -0.05) is 31.5 Å². The lowest BCUT2D eigenvalue weighted by atomic mass is 10.1. The number of hydrogen-bond donors (Lipinski definition) is 1. The van der Waals surface area contributed by atoms with Crippen molar-refractivity contribution in [1.29, 1.82) is 0 Å². The Bertz CT molecular complexity index is 803. The SMILES string of the molecule is CC(C)c1nc2c(n1C)CCN(C(=O)NCc1ccc(F)c(Cl)c1)C2. The van der Waals surface area contributed by atoms with E-state index in [1.165, 1.54) is 17.8 Å². The molecule has 0 atom stereocenters. The van der Waals surface area contributed by atoms with Crippen LogP contribution in [0.2, 0.25) is 5.02 Å². The average Bonchev–Trinajstić information content (AvgIpc) is 2.92. The number of rotatable bonds is 3. The second-order valence-electron chi connectivity index (χ2n) is 6.66. The van der Waals surface area contributed by atoms with E-state index in [1.807, 2.05) is 7.05 Å². The van der Waals surface area contributed by atoms with Gasteiger partial charge in [0.2, 0.25) is 0 Å². The minimum Gasteiger partial charge on any atom is -0.334 e. The zero-order valence-corrected chi connectivity index (χ0v) is 15.4. The first-order chi connectivity index (χ1) is 11.9. The number of carbonyl (C=O) groups excluding carboxylic acids is 1. The Morgan fingerprint density at radius 2 is 2.20 bits per heavy atom. The largest absolute Gasteiger partial charge is 0.334 e. The van der Waals surface area contributed by atoms with Gasteiger partial charge in [-0.05, 0) is 17.7 Å². The van der Waals surface area contributed by atoms with Crippen molar-refractivity contribution in [3.63, 3.8) is 0 Å². The van der Waals surface area contributed by atoms with Crippen LogP contribution >= 0.6 is 11.6 Å². The fraction of sp³-hybridized carbons (Fsp3) is 0.444. The molecule has 0 spiro atoms. The third-order valence-electron chi connectivity index (χ3n) is 4.52. The van der Waals surface area contributed by atoms with E-state index in [-0.39, 0.29) is 11.1 Å². The first-order valence-corrected chi connectivity index (χ1v) is 8.75. The van der Waals surface area contributed by atoms with E-state index in [2.05, 4.69) is 23.7 Å². The van der Waals surface area contributed by atoms with Crippen LogP contribution in [0.1, 0.15) is 42.5 Å². The van der Waals surface area contributed by atoms with E-state index in [0.29, 0.717) is 25.6 Å². The van der Waals surface area contributed by atoms with Crippen molar-refractivity contribution in [2.45, 2.75) is 39.3 Å². The van der Waals surface area contributed by atoms with Crippen LogP contribution in [-0.4, -0.2) is 27.0 Å². The molecule has 0 fully saturated rings. The first-order valence-electron chi connectivity index (χ1n) is 8.38. The molecule has 3 rings (SSSR count). The Hall–Kier alpha value is -2.08. The van der Waals surface area contributed by atoms with Gasteiger partial charge in [-0.25, -0.2) is 14.2 Å². The summed E-state index contributed by atoms with van der Waals surface area (Å²) in [6.45, 7) is 5.70. The molecule has 2 heterocycles. The van der Waals surface area contributed by atoms with Gasteiger partial charge in [-0.15, -0.1) is 0 Å². The van der Waals surface area contributed by atoms with Crippen molar-refractivity contribution in [3.8, 4) is 0 Å². The zero-order valence-electron chi connectivity index (χ0n) is 14.6. The molecular weight excluding hydrogens is 343 g/mol. The summed E-state index contributed by atoms with van der Waals surface area (Å²) in [7, 11) is 2.04. The number of halogens is 2. The normalized spacial score (nSPS) is 13.9. The standard InChI is InChI=1S/C18H22ClFN4O/c1-11(2)17-22-15-10-24(7-6-16(15)23(17)3)18(25)21-9-12-4-5-14(20)13(19)8-12/h4-5,8,11H,6-7,9-10H2,1-3H3,(H,21,25). The van der Waals surface area contributed by atoms with Gasteiger partial charge in [0.15, 0.2) is 0 Å². The number of hydrogen-bond acceptors (Lipinski definition) is 2. The average molecular weight is 365 g/mol. The first kappa shape index (κ1) is 17.7. The molecule has 134 valence electrons. The molecule has 2 amide bonds. The van der Waals surface area contributed by atoms with Crippen LogP contribution in [0.4, 0.5) is 9.18 Å². The van der Waals surface area contributed by atoms with Crippen LogP contribution in [0.25, 0.3) is 0 Å². The fourth-order valence-electron chi connectivity index (χ4n) is 3.18. The Balaban J connectivity index is 1.64. The molecule has 1 aromatic carbocycles. The topological polar surface area (TPSA) is 50.2 Å². The number of aromatic nitrogens is 2. The van der Waals surface area contributed by atoms with Crippen molar-refractivity contribution in [2.75, 3.05) is 6.54 Å². The van der Waals surface area contributed by atoms with Crippen molar-refractivity contribution in [2.24, 2.45) is 7.05 Å². The number of amides is 2. The number of imidazole rings is 1. The van der Waals surface area contributed by atoms with Gasteiger partial charge in [0.25, 0.3) is 0 Å². The zero-order chi connectivity index (χ0) is 18.1. The fourth-order valence-corrected chi connectivity index (χ4v) is 3.38. The minimum atomic E-state index is -0.462. The summed E-state index contributed by atoms with van der Waals surface area (Å²) in [4.78, 5) is 18.9. The van der Waals surface area contributed by atoms with Crippen LogP contribution in [0.15, 0.2) is 18.2 Å². The van der Waals surface area contributed by atoms with Gasteiger partial charge in [-0.2, -0.15) is 0 Å². The molecule has 5 nitrogen and oxygen atoms in total. The van der Waals surface area contributed by atoms with Gasteiger partial charge in [0.1, 0.15) is 11.6 Å². The van der Waals surface area contributed by atoms with E-state index >= 15 is 0 Å². The maximum Gasteiger partial charge on any atom is 0.318 e. The highest BCUT2D eigenvalue weighted by Crippen LogP contribution is 2.23. The van der Waals surface area contributed by atoms with E-state index in [0.717, 1.165) is 23.5 Å². The third kappa shape index (κ3) is 3.63. The molecule has 0 radical (unpaired) electrons. The number of carbonyl (C=O) groups is 1. The van der Waals surface area contributed by atoms with Crippen molar-refractivity contribution in [1.82, 2.24) is 19.8 Å². The second-order valence-corrected chi connectivity index (χ2v) is 7.06. The molecule has 0 saturated heterocycles. The van der Waals surface area contributed by atoms with Crippen LogP contribution < -0.4 is 5.32 Å². The van der Waals surface area contributed by atoms with Gasteiger partial charge in [0, 0.05) is 38.2 Å². The van der Waals surface area contributed by atoms with Crippen LogP contribution in [0.3, 0.4) is 0 Å². The summed E-state index contributed by atoms with van der Waals surface area (Å²) in [5.41, 5.74) is 2.94. The quantitative estimate of drug-likeness (QED) is 0.904. The third-order valence-corrected chi connectivity index (χ3v) is 4.81. The Kier molecular flexibility index (Phi) is 4.99. The highest BCUT2D eigenvalue weighted by Gasteiger charge is 2.26. The number of urea groups is 1. The summed E-state index contributed by atoms with van der Waals surface area (Å²) in [6, 6.07) is 4.30. The molecule has 25 heavy (non-hydrogen) atoms. The predicted molar refractivity (Wildman–Crippen MR) is 95.1 cm³/mol. The second kappa shape index (κ2) is 7.04. The summed E-state index contributed by atoms with van der Waals surface area (Å²) < 4.78 is 15.3.